The van der Waals surface area contributed by atoms with Crippen LogP contribution in [0, 0.1) is 11.5 Å². The molecule has 1 atom stereocenters. The molecule has 0 radical (unpaired) electrons. The minimum atomic E-state index is -0.690. The van der Waals surface area contributed by atoms with E-state index in [1.54, 1.807) is 6.07 Å². The van der Waals surface area contributed by atoms with Crippen LogP contribution >= 0.6 is 0 Å². The number of ether oxygens (including phenoxy) is 1. The van der Waals surface area contributed by atoms with Crippen molar-refractivity contribution < 1.29 is 14.1 Å². The van der Waals surface area contributed by atoms with Gasteiger partial charge in [0.15, 0.2) is 23.9 Å². The molecular weight excluding hydrogens is 284 g/mol. The Labute approximate surface area is 127 Å². The first-order valence-electron chi connectivity index (χ1n) is 6.85. The van der Waals surface area contributed by atoms with Gasteiger partial charge in [0.05, 0.1) is 19.7 Å². The van der Waals surface area contributed by atoms with Gasteiger partial charge in [-0.05, 0) is 0 Å². The third kappa shape index (κ3) is 3.07. The number of nitrogens with one attached hydrogen (secondary N) is 1. The summed E-state index contributed by atoms with van der Waals surface area (Å²) in [6, 6.07) is 11.1. The van der Waals surface area contributed by atoms with E-state index in [1.165, 1.54) is 4.90 Å². The van der Waals surface area contributed by atoms with E-state index in [1.807, 2.05) is 36.5 Å². The first kappa shape index (κ1) is 14.1. The predicted molar refractivity (Wildman–Crippen MR) is 77.5 cm³/mol. The topological polar surface area (TPSA) is 91.4 Å². The number of aromatic nitrogens is 1. The summed E-state index contributed by atoms with van der Waals surface area (Å²) in [6.45, 7) is 1.09. The Bertz CT molecular complexity index is 692. The van der Waals surface area contributed by atoms with Gasteiger partial charge in [0.1, 0.15) is 0 Å². The second kappa shape index (κ2) is 6.28. The SMILES string of the molecule is N#CN1CCOC(C(=O)Nc2cc(-c3ccccc3)on2)C1. The highest BCUT2D eigenvalue weighted by Gasteiger charge is 2.26. The van der Waals surface area contributed by atoms with Crippen molar-refractivity contribution in [2.45, 2.75) is 6.10 Å². The molecule has 112 valence electrons. The van der Waals surface area contributed by atoms with Gasteiger partial charge in [-0.25, -0.2) is 0 Å². The molecule has 3 rings (SSSR count). The summed E-state index contributed by atoms with van der Waals surface area (Å²) in [5.74, 6) is 0.550. The van der Waals surface area contributed by atoms with Crippen LogP contribution in [0.4, 0.5) is 5.82 Å². The molecule has 1 aromatic carbocycles. The van der Waals surface area contributed by atoms with Crippen LogP contribution in [0.3, 0.4) is 0 Å². The highest BCUT2D eigenvalue weighted by Crippen LogP contribution is 2.22. The van der Waals surface area contributed by atoms with E-state index >= 15 is 0 Å². The summed E-state index contributed by atoms with van der Waals surface area (Å²) in [6.07, 6.45) is 1.33. The van der Waals surface area contributed by atoms with Crippen LogP contribution in [-0.4, -0.2) is 41.8 Å². The van der Waals surface area contributed by atoms with E-state index < -0.39 is 6.10 Å². The summed E-state index contributed by atoms with van der Waals surface area (Å²) >= 11 is 0. The average Bonchev–Trinajstić information content (AvgIpc) is 3.04. The molecule has 0 aliphatic carbocycles. The van der Waals surface area contributed by atoms with E-state index in [0.717, 1.165) is 5.56 Å². The normalized spacial score (nSPS) is 17.8. The maximum absolute atomic E-state index is 12.1. The van der Waals surface area contributed by atoms with E-state index in [4.69, 9.17) is 14.5 Å². The van der Waals surface area contributed by atoms with Gasteiger partial charge in [-0.1, -0.05) is 35.5 Å². The second-order valence-corrected chi connectivity index (χ2v) is 4.84. The van der Waals surface area contributed by atoms with E-state index in [-0.39, 0.29) is 12.5 Å². The quantitative estimate of drug-likeness (QED) is 0.863. The van der Waals surface area contributed by atoms with Gasteiger partial charge in [0.2, 0.25) is 0 Å². The number of nitrogens with zero attached hydrogens (tertiary/aromatic N) is 3. The molecule has 1 amide bonds. The van der Waals surface area contributed by atoms with Crippen molar-refractivity contribution in [3.05, 3.63) is 36.4 Å². The number of hydrogen-bond acceptors (Lipinski definition) is 6. The molecule has 0 bridgehead atoms. The Hall–Kier alpha value is -2.85. The molecule has 1 aliphatic heterocycles. The zero-order valence-corrected chi connectivity index (χ0v) is 11.7. The molecule has 1 aliphatic rings. The minimum Gasteiger partial charge on any atom is -0.365 e. The van der Waals surface area contributed by atoms with Gasteiger partial charge in [0, 0.05) is 11.6 Å². The summed E-state index contributed by atoms with van der Waals surface area (Å²) in [7, 11) is 0. The third-order valence-electron chi connectivity index (χ3n) is 3.32. The Balaban J connectivity index is 1.65. The highest BCUT2D eigenvalue weighted by atomic mass is 16.5. The average molecular weight is 298 g/mol. The zero-order chi connectivity index (χ0) is 15.4. The summed E-state index contributed by atoms with van der Waals surface area (Å²) in [5, 5.41) is 15.3. The smallest absolute Gasteiger partial charge is 0.256 e. The van der Waals surface area contributed by atoms with Crippen LogP contribution in [-0.2, 0) is 9.53 Å². The molecule has 2 heterocycles. The van der Waals surface area contributed by atoms with Crippen LogP contribution in [0.2, 0.25) is 0 Å². The van der Waals surface area contributed by atoms with Crippen LogP contribution in [0.1, 0.15) is 0 Å². The van der Waals surface area contributed by atoms with Crippen LogP contribution in [0.15, 0.2) is 40.9 Å². The molecule has 1 N–H and O–H groups in total. The maximum Gasteiger partial charge on any atom is 0.256 e. The molecule has 0 saturated carbocycles. The van der Waals surface area contributed by atoms with E-state index in [2.05, 4.69) is 10.5 Å². The molecular formula is C15H14N4O3. The van der Waals surface area contributed by atoms with Gasteiger partial charge < -0.3 is 19.5 Å². The lowest BCUT2D eigenvalue weighted by Gasteiger charge is -2.27. The van der Waals surface area contributed by atoms with Crippen LogP contribution in [0.25, 0.3) is 11.3 Å². The van der Waals surface area contributed by atoms with Crippen molar-refractivity contribution in [3.63, 3.8) is 0 Å². The van der Waals surface area contributed by atoms with Crippen molar-refractivity contribution in [1.29, 1.82) is 5.26 Å². The van der Waals surface area contributed by atoms with E-state index in [0.29, 0.717) is 24.7 Å². The number of amides is 1. The fourth-order valence-corrected chi connectivity index (χ4v) is 2.18. The number of carbonyl (C=O) groups excluding carboxylic acids is 1. The standard InChI is InChI=1S/C15H14N4O3/c16-10-19-6-7-21-13(9-19)15(20)17-14-8-12(22-18-14)11-4-2-1-3-5-11/h1-5,8,13H,6-7,9H2,(H,17,18,20). The molecule has 1 fully saturated rings. The van der Waals surface area contributed by atoms with Gasteiger partial charge in [-0.2, -0.15) is 5.26 Å². The third-order valence-corrected chi connectivity index (χ3v) is 3.32. The van der Waals surface area contributed by atoms with Gasteiger partial charge >= 0.3 is 0 Å². The number of benzene rings is 1. The minimum absolute atomic E-state index is 0.242. The lowest BCUT2D eigenvalue weighted by atomic mass is 10.2. The zero-order valence-electron chi connectivity index (χ0n) is 11.7. The summed E-state index contributed by atoms with van der Waals surface area (Å²) in [4.78, 5) is 13.6. The van der Waals surface area contributed by atoms with Crippen molar-refractivity contribution in [1.82, 2.24) is 10.1 Å². The molecule has 0 spiro atoms. The number of anilines is 1. The Kier molecular flexibility index (Phi) is 4.03. The Morgan fingerprint density at radius 1 is 1.41 bits per heavy atom. The van der Waals surface area contributed by atoms with Crippen molar-refractivity contribution in [2.24, 2.45) is 0 Å². The number of nitriles is 1. The Morgan fingerprint density at radius 2 is 2.23 bits per heavy atom. The Morgan fingerprint density at radius 3 is 3.00 bits per heavy atom. The lowest BCUT2D eigenvalue weighted by molar-refractivity contribution is -0.131. The van der Waals surface area contributed by atoms with Crippen molar-refractivity contribution in [3.8, 4) is 17.5 Å². The fraction of sp³-hybridized carbons (Fsp3) is 0.267. The molecule has 1 aromatic heterocycles. The number of carbonyl (C=O) groups is 1. The predicted octanol–water partition coefficient (Wildman–Crippen LogP) is 1.46. The van der Waals surface area contributed by atoms with Gasteiger partial charge in [-0.3, -0.25) is 4.79 Å². The van der Waals surface area contributed by atoms with Crippen LogP contribution in [0.5, 0.6) is 0 Å². The molecule has 1 saturated heterocycles. The number of morpholine rings is 1. The van der Waals surface area contributed by atoms with Gasteiger partial charge in [-0.15, -0.1) is 0 Å². The molecule has 2 aromatic rings. The fourth-order valence-electron chi connectivity index (χ4n) is 2.18. The van der Waals surface area contributed by atoms with Crippen molar-refractivity contribution >= 4 is 11.7 Å². The first-order chi connectivity index (χ1) is 10.8. The molecule has 22 heavy (non-hydrogen) atoms. The van der Waals surface area contributed by atoms with Gasteiger partial charge in [0.25, 0.3) is 5.91 Å². The number of rotatable bonds is 3. The second-order valence-electron chi connectivity index (χ2n) is 4.84. The maximum atomic E-state index is 12.1. The first-order valence-corrected chi connectivity index (χ1v) is 6.85. The monoisotopic (exact) mass is 298 g/mol. The largest absolute Gasteiger partial charge is 0.365 e. The summed E-state index contributed by atoms with van der Waals surface area (Å²) in [5.41, 5.74) is 0.875. The molecule has 7 heteroatoms. The van der Waals surface area contributed by atoms with Crippen LogP contribution < -0.4 is 5.32 Å². The molecule has 1 unspecified atom stereocenters. The van der Waals surface area contributed by atoms with Crippen molar-refractivity contribution in [2.75, 3.05) is 25.0 Å². The summed E-state index contributed by atoms with van der Waals surface area (Å²) < 4.78 is 10.6. The molecule has 7 nitrogen and oxygen atoms in total. The highest BCUT2D eigenvalue weighted by molar-refractivity contribution is 5.94. The lowest BCUT2D eigenvalue weighted by Crippen LogP contribution is -2.46. The van der Waals surface area contributed by atoms with E-state index in [9.17, 15) is 4.79 Å². The number of hydrogen-bond donors (Lipinski definition) is 1.